The summed E-state index contributed by atoms with van der Waals surface area (Å²) in [6.07, 6.45) is 7.13. The number of carbonyl (C=O) groups excluding carboxylic acids is 2. The Balaban J connectivity index is 1.26. The number of rotatable bonds is 12. The molecule has 8 nitrogen and oxygen atoms in total. The first kappa shape index (κ1) is 44.3. The first-order valence-corrected chi connectivity index (χ1v) is 22.2. The lowest BCUT2D eigenvalue weighted by Crippen LogP contribution is -2.66. The van der Waals surface area contributed by atoms with Gasteiger partial charge >= 0.3 is 11.9 Å². The number of benzene rings is 1. The summed E-state index contributed by atoms with van der Waals surface area (Å²) >= 11 is 6.42. The van der Waals surface area contributed by atoms with Crippen molar-refractivity contribution in [2.45, 2.75) is 152 Å². The third kappa shape index (κ3) is 7.37. The van der Waals surface area contributed by atoms with E-state index >= 15 is 0 Å². The van der Waals surface area contributed by atoms with Gasteiger partial charge in [0.1, 0.15) is 6.10 Å². The predicted octanol–water partition coefficient (Wildman–Crippen LogP) is 9.59. The Hall–Kier alpha value is -2.26. The molecule has 0 bridgehead atoms. The number of nitrogens with zero attached hydrogens (tertiary/aromatic N) is 2. The maximum atomic E-state index is 14.3. The van der Waals surface area contributed by atoms with Crippen molar-refractivity contribution in [2.24, 2.45) is 56.2 Å². The van der Waals surface area contributed by atoms with Gasteiger partial charge in [-0.25, -0.2) is 0 Å². The lowest BCUT2D eigenvalue weighted by Gasteiger charge is -2.72. The van der Waals surface area contributed by atoms with Crippen LogP contribution in [0.5, 0.6) is 0 Å². The number of fused-ring (bicyclic) bond motifs is 7. The average Bonchev–Trinajstić information content (AvgIpc) is 3.40. The molecule has 6 rings (SSSR count). The number of ketones is 1. The molecule has 0 radical (unpaired) electrons. The van der Waals surface area contributed by atoms with Crippen LogP contribution in [0.25, 0.3) is 0 Å². The van der Waals surface area contributed by atoms with Crippen molar-refractivity contribution < 1.29 is 29.3 Å². The van der Waals surface area contributed by atoms with Gasteiger partial charge in [-0.2, -0.15) is 0 Å². The Kier molecular flexibility index (Phi) is 11.9. The number of allylic oxidation sites excluding steroid dienone is 1. The van der Waals surface area contributed by atoms with Crippen molar-refractivity contribution in [3.05, 3.63) is 45.5 Å². The fourth-order valence-electron chi connectivity index (χ4n) is 14.0. The average molecular weight is 810 g/mol. The van der Waals surface area contributed by atoms with Crippen LogP contribution < -0.4 is 0 Å². The Labute approximate surface area is 348 Å². The zero-order chi connectivity index (χ0) is 42.3. The summed E-state index contributed by atoms with van der Waals surface area (Å²) in [6, 6.07) is 6.10. The largest absolute Gasteiger partial charge is 0.481 e. The van der Waals surface area contributed by atoms with Crippen LogP contribution >= 0.6 is 11.6 Å². The Morgan fingerprint density at radius 2 is 1.60 bits per heavy atom. The van der Waals surface area contributed by atoms with Crippen molar-refractivity contribution in [3.63, 3.8) is 0 Å². The molecular formula is C48H73ClN2O6. The third-order valence-corrected chi connectivity index (χ3v) is 17.3. The van der Waals surface area contributed by atoms with Crippen LogP contribution in [0.3, 0.4) is 0 Å². The monoisotopic (exact) mass is 809 g/mol. The predicted molar refractivity (Wildman–Crippen MR) is 227 cm³/mol. The second kappa shape index (κ2) is 15.3. The summed E-state index contributed by atoms with van der Waals surface area (Å²) in [6.45, 7) is 21.7. The standard InChI is InChI=1S/C48H73ClN2O6/c1-29(2)40-34(52)24-48(37(53)28-51(12)27-30-13-14-32(49)23-31(30)26-50(10)11)22-21-46(8)33(41(40)48)15-16-36-45(7)19-18-38(57-39(54)25-43(3,4)42(55)56)44(5,6)35(45)17-20-47(36,46)9/h13-14,23,29,33,35-38,53H,15-22,24-28H2,1-12H3,(H,55,56)/t33-,35+,36-,37?,38+,45+,46-,47-,48?/m1/s1. The molecule has 0 saturated heterocycles. The number of carboxylic acids is 1. The molecule has 5 aliphatic rings. The van der Waals surface area contributed by atoms with Gasteiger partial charge in [0.05, 0.1) is 17.9 Å². The van der Waals surface area contributed by atoms with E-state index in [1.165, 1.54) is 16.7 Å². The van der Waals surface area contributed by atoms with Crippen LogP contribution in [0.15, 0.2) is 29.3 Å². The number of halogens is 1. The maximum Gasteiger partial charge on any atom is 0.309 e. The Bertz CT molecular complexity index is 1780. The van der Waals surface area contributed by atoms with Crippen LogP contribution in [0.4, 0.5) is 0 Å². The molecule has 0 heterocycles. The van der Waals surface area contributed by atoms with Crippen molar-refractivity contribution in [1.29, 1.82) is 0 Å². The minimum absolute atomic E-state index is 0.0284. The highest BCUT2D eigenvalue weighted by molar-refractivity contribution is 6.30. The Morgan fingerprint density at radius 1 is 0.912 bits per heavy atom. The quantitative estimate of drug-likeness (QED) is 0.201. The zero-order valence-corrected chi connectivity index (χ0v) is 37.9. The number of hydrogen-bond acceptors (Lipinski definition) is 7. The SMILES string of the molecule is CC(C)C1=C2[C@H]3CC[C@@H]4[C@@]5(C)CC[C@H](OC(=O)CC(C)(C)C(=O)O)C(C)(C)[C@@H]5CC[C@@]4(C)[C@]3(C)CCC2(C(O)CN(C)Cc2ccc(Cl)cc2CN(C)C)CC1=O. The fourth-order valence-corrected chi connectivity index (χ4v) is 14.2. The van der Waals surface area contributed by atoms with Gasteiger partial charge in [0.25, 0.3) is 0 Å². The minimum atomic E-state index is -1.17. The van der Waals surface area contributed by atoms with E-state index in [1.54, 1.807) is 13.8 Å². The molecule has 1 aromatic rings. The molecule has 0 spiro atoms. The number of likely N-dealkylation sites (N-methyl/N-ethyl adjacent to an activating group) is 1. The molecule has 5 aliphatic carbocycles. The van der Waals surface area contributed by atoms with Crippen LogP contribution in [-0.2, 0) is 32.2 Å². The fraction of sp³-hybridized carbons (Fsp3) is 0.771. The summed E-state index contributed by atoms with van der Waals surface area (Å²) in [5, 5.41) is 22.9. The van der Waals surface area contributed by atoms with Crippen LogP contribution in [0.2, 0.25) is 5.02 Å². The third-order valence-electron chi connectivity index (χ3n) is 17.1. The second-order valence-electron chi connectivity index (χ2n) is 21.9. The first-order valence-electron chi connectivity index (χ1n) is 21.8. The summed E-state index contributed by atoms with van der Waals surface area (Å²) in [7, 11) is 6.21. The topological polar surface area (TPSA) is 107 Å². The van der Waals surface area contributed by atoms with Gasteiger partial charge in [0.2, 0.25) is 0 Å². The number of aliphatic carboxylic acids is 1. The van der Waals surface area contributed by atoms with Crippen LogP contribution in [0, 0.1) is 56.2 Å². The number of ether oxygens (including phenoxy) is 1. The van der Waals surface area contributed by atoms with Crippen molar-refractivity contribution in [1.82, 2.24) is 9.80 Å². The molecule has 0 amide bonds. The van der Waals surface area contributed by atoms with Gasteiger partial charge in [-0.15, -0.1) is 0 Å². The smallest absolute Gasteiger partial charge is 0.309 e. The molecule has 318 valence electrons. The minimum Gasteiger partial charge on any atom is -0.481 e. The number of aliphatic hydroxyl groups excluding tert-OH is 1. The van der Waals surface area contributed by atoms with Gasteiger partial charge < -0.3 is 19.8 Å². The van der Waals surface area contributed by atoms with E-state index in [0.29, 0.717) is 31.3 Å². The van der Waals surface area contributed by atoms with E-state index in [0.717, 1.165) is 68.5 Å². The number of Topliss-reactive ketones (excluding diaryl/α,β-unsaturated/α-hetero) is 1. The van der Waals surface area contributed by atoms with E-state index < -0.39 is 28.9 Å². The molecule has 57 heavy (non-hydrogen) atoms. The van der Waals surface area contributed by atoms with Crippen LogP contribution in [0.1, 0.15) is 138 Å². The Morgan fingerprint density at radius 3 is 2.23 bits per heavy atom. The lowest BCUT2D eigenvalue weighted by molar-refractivity contribution is -0.235. The first-order chi connectivity index (χ1) is 26.3. The number of carboxylic acid groups (broad SMARTS) is 1. The zero-order valence-electron chi connectivity index (χ0n) is 37.2. The molecule has 4 fully saturated rings. The molecule has 2 N–H and O–H groups in total. The molecule has 1 aromatic carbocycles. The molecule has 0 aliphatic heterocycles. The summed E-state index contributed by atoms with van der Waals surface area (Å²) in [5.41, 5.74) is 2.77. The van der Waals surface area contributed by atoms with E-state index in [1.807, 2.05) is 12.1 Å². The highest BCUT2D eigenvalue weighted by Gasteiger charge is 2.70. The molecule has 2 unspecified atom stereocenters. The summed E-state index contributed by atoms with van der Waals surface area (Å²) < 4.78 is 6.19. The van der Waals surface area contributed by atoms with Gasteiger partial charge in [-0.3, -0.25) is 19.3 Å². The molecular weight excluding hydrogens is 736 g/mol. The number of esters is 1. The molecule has 0 aromatic heterocycles. The number of hydrogen-bond donors (Lipinski definition) is 2. The molecule has 4 saturated carbocycles. The van der Waals surface area contributed by atoms with E-state index in [4.69, 9.17) is 16.3 Å². The lowest BCUT2D eigenvalue weighted by atomic mass is 9.33. The van der Waals surface area contributed by atoms with Crippen molar-refractivity contribution in [3.8, 4) is 0 Å². The van der Waals surface area contributed by atoms with E-state index in [-0.39, 0.29) is 51.8 Å². The normalized spacial score (nSPS) is 35.5. The summed E-state index contributed by atoms with van der Waals surface area (Å²) in [5.74, 6) is 0.00261. The van der Waals surface area contributed by atoms with Crippen molar-refractivity contribution >= 4 is 29.3 Å². The van der Waals surface area contributed by atoms with Gasteiger partial charge in [-0.05, 0) is 155 Å². The number of aliphatic hydroxyl groups is 1. The highest BCUT2D eigenvalue weighted by atomic mass is 35.5. The molecule has 9 atom stereocenters. The summed E-state index contributed by atoms with van der Waals surface area (Å²) in [4.78, 5) is 43.6. The maximum absolute atomic E-state index is 14.3. The van der Waals surface area contributed by atoms with Gasteiger partial charge in [-0.1, -0.05) is 71.7 Å². The number of carbonyl (C=O) groups is 3. The van der Waals surface area contributed by atoms with Gasteiger partial charge in [0, 0.05) is 41.9 Å². The van der Waals surface area contributed by atoms with Crippen LogP contribution in [-0.4, -0.2) is 77.6 Å². The van der Waals surface area contributed by atoms with Gasteiger partial charge in [0.15, 0.2) is 5.78 Å². The molecule has 9 heteroatoms. The van der Waals surface area contributed by atoms with E-state index in [2.05, 4.69) is 85.5 Å². The van der Waals surface area contributed by atoms with E-state index in [9.17, 15) is 24.6 Å². The second-order valence-corrected chi connectivity index (χ2v) is 22.4. The van der Waals surface area contributed by atoms with Crippen molar-refractivity contribution in [2.75, 3.05) is 27.7 Å². The highest BCUT2D eigenvalue weighted by Crippen LogP contribution is 2.77.